The van der Waals surface area contributed by atoms with Crippen molar-refractivity contribution >= 4 is 34.8 Å². The Kier molecular flexibility index (Phi) is 6.98. The van der Waals surface area contributed by atoms with Gasteiger partial charge in [0.05, 0.1) is 11.3 Å². The molecule has 0 saturated carbocycles. The molecule has 2 aromatic carbocycles. The molecule has 1 heterocycles. The molecule has 3 rings (SSSR count). The maximum absolute atomic E-state index is 12.6. The van der Waals surface area contributed by atoms with Crippen LogP contribution in [-0.2, 0) is 16.1 Å². The summed E-state index contributed by atoms with van der Waals surface area (Å²) in [7, 11) is 0. The van der Waals surface area contributed by atoms with Gasteiger partial charge in [-0.2, -0.15) is 0 Å². The molecule has 30 heavy (non-hydrogen) atoms. The third-order valence-corrected chi connectivity index (χ3v) is 5.28. The van der Waals surface area contributed by atoms with Crippen molar-refractivity contribution < 1.29 is 19.1 Å². The fourth-order valence-corrected chi connectivity index (χ4v) is 3.47. The molecule has 3 aromatic rings. The molecule has 0 fully saturated rings. The number of aryl methyl sites for hydroxylation is 2. The lowest BCUT2D eigenvalue weighted by Gasteiger charge is -2.12. The molecule has 6 nitrogen and oxygen atoms in total. The molecule has 0 bridgehead atoms. The van der Waals surface area contributed by atoms with Gasteiger partial charge in [0.15, 0.2) is 6.61 Å². The highest BCUT2D eigenvalue weighted by atomic mass is 32.1. The summed E-state index contributed by atoms with van der Waals surface area (Å²) in [6.07, 6.45) is 0. The van der Waals surface area contributed by atoms with Crippen molar-refractivity contribution in [3.63, 3.8) is 0 Å². The van der Waals surface area contributed by atoms with Gasteiger partial charge in [0, 0.05) is 11.4 Å². The molecular formula is C23H22N2O4S. The van der Waals surface area contributed by atoms with E-state index in [2.05, 4.69) is 10.6 Å². The quantitative estimate of drug-likeness (QED) is 0.562. The van der Waals surface area contributed by atoms with Gasteiger partial charge in [0.2, 0.25) is 0 Å². The van der Waals surface area contributed by atoms with Crippen molar-refractivity contribution in [2.45, 2.75) is 20.4 Å². The summed E-state index contributed by atoms with van der Waals surface area (Å²) in [5.41, 5.74) is 2.81. The van der Waals surface area contributed by atoms with Crippen LogP contribution < -0.4 is 10.6 Å². The van der Waals surface area contributed by atoms with Gasteiger partial charge in [-0.15, -0.1) is 11.3 Å². The average molecular weight is 423 g/mol. The second kappa shape index (κ2) is 9.84. The van der Waals surface area contributed by atoms with Gasteiger partial charge in [-0.25, -0.2) is 4.79 Å². The standard InChI is InChI=1S/C23H22N2O4S/c1-15-7-10-17(11-8-15)13-24-22(27)18-5-3-4-6-19(18)25-21(26)14-29-23(28)20-12-9-16(2)30-20/h3-12H,13-14H2,1-2H3,(H,24,27)(H,25,26). The van der Waals surface area contributed by atoms with Crippen molar-refractivity contribution in [2.75, 3.05) is 11.9 Å². The van der Waals surface area contributed by atoms with Crippen LogP contribution >= 0.6 is 11.3 Å². The molecule has 1 aromatic heterocycles. The third-order valence-electron chi connectivity index (χ3n) is 4.30. The summed E-state index contributed by atoms with van der Waals surface area (Å²) in [6.45, 7) is 3.82. The molecule has 0 radical (unpaired) electrons. The molecule has 0 aliphatic carbocycles. The van der Waals surface area contributed by atoms with Crippen molar-refractivity contribution in [1.29, 1.82) is 0 Å². The van der Waals surface area contributed by atoms with Crippen LogP contribution in [0.5, 0.6) is 0 Å². The lowest BCUT2D eigenvalue weighted by atomic mass is 10.1. The number of benzene rings is 2. The summed E-state index contributed by atoms with van der Waals surface area (Å²) in [6, 6.07) is 18.0. The van der Waals surface area contributed by atoms with Gasteiger partial charge >= 0.3 is 5.97 Å². The van der Waals surface area contributed by atoms with E-state index >= 15 is 0 Å². The zero-order chi connectivity index (χ0) is 21.5. The number of hydrogen-bond acceptors (Lipinski definition) is 5. The number of nitrogens with one attached hydrogen (secondary N) is 2. The first-order valence-electron chi connectivity index (χ1n) is 9.38. The molecule has 0 aliphatic heterocycles. The van der Waals surface area contributed by atoms with E-state index in [0.717, 1.165) is 16.0 Å². The number of rotatable bonds is 7. The summed E-state index contributed by atoms with van der Waals surface area (Å²) >= 11 is 1.30. The molecule has 2 N–H and O–H groups in total. The number of amides is 2. The first-order chi connectivity index (χ1) is 14.4. The van der Waals surface area contributed by atoms with Crippen LogP contribution in [0.1, 0.15) is 36.0 Å². The zero-order valence-corrected chi connectivity index (χ0v) is 17.5. The maximum Gasteiger partial charge on any atom is 0.348 e. The Morgan fingerprint density at radius 1 is 0.933 bits per heavy atom. The molecule has 0 aliphatic rings. The molecule has 0 spiro atoms. The third kappa shape index (κ3) is 5.78. The number of carbonyl (C=O) groups is 3. The van der Waals surface area contributed by atoms with Crippen molar-refractivity contribution in [3.05, 3.63) is 87.1 Å². The Bertz CT molecular complexity index is 1060. The number of esters is 1. The second-order valence-electron chi connectivity index (χ2n) is 6.75. The monoisotopic (exact) mass is 422 g/mol. The van der Waals surface area contributed by atoms with Crippen LogP contribution in [0.15, 0.2) is 60.7 Å². The van der Waals surface area contributed by atoms with E-state index < -0.39 is 18.5 Å². The van der Waals surface area contributed by atoms with Crippen LogP contribution in [0.25, 0.3) is 0 Å². The lowest BCUT2D eigenvalue weighted by Crippen LogP contribution is -2.26. The van der Waals surface area contributed by atoms with Gasteiger partial charge in [-0.1, -0.05) is 42.0 Å². The van der Waals surface area contributed by atoms with Gasteiger partial charge in [-0.3, -0.25) is 9.59 Å². The maximum atomic E-state index is 12.6. The molecule has 0 atom stereocenters. The van der Waals surface area contributed by atoms with Crippen LogP contribution in [-0.4, -0.2) is 24.4 Å². The minimum absolute atomic E-state index is 0.308. The number of carbonyl (C=O) groups excluding carboxylic acids is 3. The Hall–Kier alpha value is -3.45. The number of ether oxygens (including phenoxy) is 1. The average Bonchev–Trinajstić information content (AvgIpc) is 3.18. The minimum Gasteiger partial charge on any atom is -0.451 e. The Balaban J connectivity index is 1.57. The first kappa shape index (κ1) is 21.3. The van der Waals surface area contributed by atoms with Crippen LogP contribution in [0.3, 0.4) is 0 Å². The highest BCUT2D eigenvalue weighted by Crippen LogP contribution is 2.17. The molecular weight excluding hydrogens is 400 g/mol. The Morgan fingerprint density at radius 3 is 2.37 bits per heavy atom. The van der Waals surface area contributed by atoms with Gasteiger partial charge in [0.25, 0.3) is 11.8 Å². The summed E-state index contributed by atoms with van der Waals surface area (Å²) in [4.78, 5) is 38.2. The van der Waals surface area contributed by atoms with E-state index in [0.29, 0.717) is 22.7 Å². The van der Waals surface area contributed by atoms with E-state index in [1.165, 1.54) is 11.3 Å². The van der Waals surface area contributed by atoms with Crippen LogP contribution in [0, 0.1) is 13.8 Å². The van der Waals surface area contributed by atoms with Gasteiger partial charge < -0.3 is 15.4 Å². The number of anilines is 1. The summed E-state index contributed by atoms with van der Waals surface area (Å²) < 4.78 is 5.05. The molecule has 0 saturated heterocycles. The number of hydrogen-bond donors (Lipinski definition) is 2. The van der Waals surface area contributed by atoms with Crippen LogP contribution in [0.2, 0.25) is 0 Å². The number of thiophene rings is 1. The smallest absolute Gasteiger partial charge is 0.348 e. The predicted molar refractivity (Wildman–Crippen MR) is 117 cm³/mol. The molecule has 2 amide bonds. The largest absolute Gasteiger partial charge is 0.451 e. The van der Waals surface area contributed by atoms with Crippen LogP contribution in [0.4, 0.5) is 5.69 Å². The lowest BCUT2D eigenvalue weighted by molar-refractivity contribution is -0.119. The van der Waals surface area contributed by atoms with E-state index in [9.17, 15) is 14.4 Å². The SMILES string of the molecule is Cc1ccc(CNC(=O)c2ccccc2NC(=O)COC(=O)c2ccc(C)s2)cc1. The van der Waals surface area contributed by atoms with Gasteiger partial charge in [-0.05, 0) is 43.7 Å². The normalized spacial score (nSPS) is 10.3. The summed E-state index contributed by atoms with van der Waals surface area (Å²) in [5.74, 6) is -1.37. The second-order valence-corrected chi connectivity index (χ2v) is 8.04. The first-order valence-corrected chi connectivity index (χ1v) is 10.2. The zero-order valence-electron chi connectivity index (χ0n) is 16.7. The Morgan fingerprint density at radius 2 is 1.67 bits per heavy atom. The van der Waals surface area contributed by atoms with Crippen molar-refractivity contribution in [3.8, 4) is 0 Å². The fourth-order valence-electron chi connectivity index (χ4n) is 2.71. The van der Waals surface area contributed by atoms with Gasteiger partial charge in [0.1, 0.15) is 4.88 Å². The van der Waals surface area contributed by atoms with E-state index in [1.54, 1.807) is 30.3 Å². The fraction of sp³-hybridized carbons (Fsp3) is 0.174. The topological polar surface area (TPSA) is 84.5 Å². The van der Waals surface area contributed by atoms with E-state index in [4.69, 9.17) is 4.74 Å². The molecule has 154 valence electrons. The highest BCUT2D eigenvalue weighted by Gasteiger charge is 2.15. The van der Waals surface area contributed by atoms with E-state index in [1.807, 2.05) is 44.2 Å². The van der Waals surface area contributed by atoms with Crippen molar-refractivity contribution in [1.82, 2.24) is 5.32 Å². The molecule has 0 unspecified atom stereocenters. The summed E-state index contributed by atoms with van der Waals surface area (Å²) in [5, 5.41) is 5.48. The van der Waals surface area contributed by atoms with E-state index in [-0.39, 0.29) is 5.91 Å². The highest BCUT2D eigenvalue weighted by molar-refractivity contribution is 7.13. The Labute approximate surface area is 178 Å². The minimum atomic E-state index is -0.549. The molecule has 7 heteroatoms. The van der Waals surface area contributed by atoms with Crippen molar-refractivity contribution in [2.24, 2.45) is 0 Å². The number of para-hydroxylation sites is 1. The predicted octanol–water partition coefficient (Wildman–Crippen LogP) is 4.09.